The second-order valence-electron chi connectivity index (χ2n) is 9.65. The van der Waals surface area contributed by atoms with E-state index >= 15 is 0 Å². The predicted octanol–water partition coefficient (Wildman–Crippen LogP) is 4.83. The van der Waals surface area contributed by atoms with Gasteiger partial charge in [-0.15, -0.1) is 0 Å². The number of hydrogen-bond donors (Lipinski definition) is 1. The number of rotatable bonds is 6. The highest BCUT2D eigenvalue weighted by Crippen LogP contribution is 2.28. The molecule has 0 aliphatic carbocycles. The maximum absolute atomic E-state index is 12.0. The Morgan fingerprint density at radius 3 is 2.45 bits per heavy atom. The molecule has 0 atom stereocenters. The first kappa shape index (κ1) is 23.0. The quantitative estimate of drug-likeness (QED) is 0.582. The van der Waals surface area contributed by atoms with Crippen LogP contribution >= 0.6 is 0 Å². The lowest BCUT2D eigenvalue weighted by Gasteiger charge is -2.33. The number of para-hydroxylation sites is 2. The van der Waals surface area contributed by atoms with E-state index in [-0.39, 0.29) is 6.09 Å². The first-order chi connectivity index (χ1) is 15.8. The Labute approximate surface area is 195 Å². The predicted molar refractivity (Wildman–Crippen MR) is 131 cm³/mol. The highest BCUT2D eigenvalue weighted by atomic mass is 16.6. The van der Waals surface area contributed by atoms with Crippen molar-refractivity contribution in [3.8, 4) is 5.75 Å². The van der Waals surface area contributed by atoms with E-state index in [0.29, 0.717) is 12.5 Å². The van der Waals surface area contributed by atoms with E-state index in [1.54, 1.807) is 7.11 Å². The molecule has 3 aromatic rings. The molecule has 0 bridgehead atoms. The van der Waals surface area contributed by atoms with Crippen molar-refractivity contribution in [1.82, 2.24) is 14.9 Å². The summed E-state index contributed by atoms with van der Waals surface area (Å²) < 4.78 is 13.0. The van der Waals surface area contributed by atoms with Gasteiger partial charge in [-0.2, -0.15) is 0 Å². The molecule has 2 heterocycles. The zero-order chi connectivity index (χ0) is 23.4. The molecule has 1 aliphatic rings. The van der Waals surface area contributed by atoms with Crippen molar-refractivity contribution in [2.24, 2.45) is 5.92 Å². The Morgan fingerprint density at radius 2 is 1.79 bits per heavy atom. The maximum Gasteiger partial charge on any atom is 0.407 e. The first-order valence-electron chi connectivity index (χ1n) is 11.6. The van der Waals surface area contributed by atoms with Crippen LogP contribution < -0.4 is 15.0 Å². The number of methoxy groups -OCH3 is 1. The number of ether oxygens (including phenoxy) is 2. The Hall–Kier alpha value is -3.22. The van der Waals surface area contributed by atoms with Gasteiger partial charge in [-0.1, -0.05) is 24.3 Å². The third kappa shape index (κ3) is 5.78. The van der Waals surface area contributed by atoms with Gasteiger partial charge in [0.2, 0.25) is 5.95 Å². The fraction of sp³-hybridized carbons (Fsp3) is 0.462. The number of alkyl carbamates (subject to hydrolysis) is 1. The summed E-state index contributed by atoms with van der Waals surface area (Å²) in [6.07, 6.45) is 1.66. The first-order valence-corrected chi connectivity index (χ1v) is 11.6. The molecule has 1 saturated heterocycles. The Morgan fingerprint density at radius 1 is 1.09 bits per heavy atom. The van der Waals surface area contributed by atoms with Crippen LogP contribution in [0.3, 0.4) is 0 Å². The molecule has 2 aromatic carbocycles. The lowest BCUT2D eigenvalue weighted by molar-refractivity contribution is 0.0516. The average molecular weight is 451 g/mol. The fourth-order valence-corrected chi connectivity index (χ4v) is 4.25. The normalized spacial score (nSPS) is 15.0. The van der Waals surface area contributed by atoms with E-state index in [2.05, 4.69) is 45.1 Å². The summed E-state index contributed by atoms with van der Waals surface area (Å²) in [5.41, 5.74) is 2.87. The Balaban J connectivity index is 1.44. The van der Waals surface area contributed by atoms with E-state index in [4.69, 9.17) is 14.5 Å². The molecule has 0 spiro atoms. The zero-order valence-electron chi connectivity index (χ0n) is 20.0. The minimum atomic E-state index is -0.476. The van der Waals surface area contributed by atoms with Crippen molar-refractivity contribution in [3.63, 3.8) is 0 Å². The molecule has 0 radical (unpaired) electrons. The number of imidazole rings is 1. The molecule has 7 heteroatoms. The van der Waals surface area contributed by atoms with Gasteiger partial charge < -0.3 is 24.3 Å². The SMILES string of the molecule is COc1ccc(Cn2c(N3CCC(CNC(=O)OC(C)(C)C)CC3)nc3ccccc32)cc1. The Bertz CT molecular complexity index is 1080. The van der Waals surface area contributed by atoms with Crippen molar-refractivity contribution in [3.05, 3.63) is 54.1 Å². The van der Waals surface area contributed by atoms with Crippen LogP contribution in [0.25, 0.3) is 11.0 Å². The minimum absolute atomic E-state index is 0.341. The third-order valence-corrected chi connectivity index (χ3v) is 5.97. The lowest BCUT2D eigenvalue weighted by Crippen LogP contribution is -2.41. The van der Waals surface area contributed by atoms with Gasteiger partial charge in [-0.3, -0.25) is 0 Å². The number of hydrogen-bond acceptors (Lipinski definition) is 5. The van der Waals surface area contributed by atoms with Crippen LogP contribution in [-0.2, 0) is 11.3 Å². The molecule has 1 aliphatic heterocycles. The molecule has 7 nitrogen and oxygen atoms in total. The van der Waals surface area contributed by atoms with E-state index in [1.807, 2.05) is 39.0 Å². The van der Waals surface area contributed by atoms with Gasteiger partial charge in [0.1, 0.15) is 11.4 Å². The molecule has 1 fully saturated rings. The van der Waals surface area contributed by atoms with Gasteiger partial charge in [0.05, 0.1) is 24.7 Å². The summed E-state index contributed by atoms with van der Waals surface area (Å²) in [6.45, 7) is 8.85. The zero-order valence-corrected chi connectivity index (χ0v) is 20.0. The minimum Gasteiger partial charge on any atom is -0.497 e. The smallest absolute Gasteiger partial charge is 0.407 e. The van der Waals surface area contributed by atoms with Gasteiger partial charge in [0.25, 0.3) is 0 Å². The molecule has 4 rings (SSSR count). The van der Waals surface area contributed by atoms with E-state index < -0.39 is 5.60 Å². The van der Waals surface area contributed by atoms with Gasteiger partial charge >= 0.3 is 6.09 Å². The largest absolute Gasteiger partial charge is 0.497 e. The summed E-state index contributed by atoms with van der Waals surface area (Å²) >= 11 is 0. The van der Waals surface area contributed by atoms with E-state index in [0.717, 1.165) is 55.2 Å². The number of aromatic nitrogens is 2. The number of benzene rings is 2. The average Bonchev–Trinajstić information content (AvgIpc) is 3.16. The standard InChI is InChI=1S/C26H34N4O3/c1-26(2,3)33-25(31)27-17-19-13-15-29(16-14-19)24-28-22-7-5-6-8-23(22)30(24)18-20-9-11-21(32-4)12-10-20/h5-12,19H,13-18H2,1-4H3,(H,27,31). The van der Waals surface area contributed by atoms with E-state index in [9.17, 15) is 4.79 Å². The number of piperidine rings is 1. The molecule has 0 unspecified atom stereocenters. The van der Waals surface area contributed by atoms with Crippen molar-refractivity contribution in [2.45, 2.75) is 45.8 Å². The number of nitrogens with one attached hydrogen (secondary N) is 1. The summed E-state index contributed by atoms with van der Waals surface area (Å²) in [5.74, 6) is 2.30. The third-order valence-electron chi connectivity index (χ3n) is 5.97. The Kier molecular flexibility index (Phi) is 6.77. The number of carbonyl (C=O) groups excluding carboxylic acids is 1. The summed E-state index contributed by atoms with van der Waals surface area (Å²) in [6, 6.07) is 16.5. The number of carbonyl (C=O) groups is 1. The summed E-state index contributed by atoms with van der Waals surface area (Å²) in [5, 5.41) is 2.93. The lowest BCUT2D eigenvalue weighted by atomic mass is 9.97. The molecule has 1 N–H and O–H groups in total. The van der Waals surface area contributed by atoms with Crippen molar-refractivity contribution in [2.75, 3.05) is 31.6 Å². The van der Waals surface area contributed by atoms with Gasteiger partial charge in [-0.05, 0) is 69.4 Å². The van der Waals surface area contributed by atoms with Crippen molar-refractivity contribution in [1.29, 1.82) is 0 Å². The molecule has 1 aromatic heterocycles. The monoisotopic (exact) mass is 450 g/mol. The van der Waals surface area contributed by atoms with Crippen molar-refractivity contribution < 1.29 is 14.3 Å². The molecular weight excluding hydrogens is 416 g/mol. The number of anilines is 1. The van der Waals surface area contributed by atoms with Gasteiger partial charge in [0.15, 0.2) is 0 Å². The number of nitrogens with zero attached hydrogens (tertiary/aromatic N) is 3. The fourth-order valence-electron chi connectivity index (χ4n) is 4.25. The van der Waals surface area contributed by atoms with Crippen molar-refractivity contribution >= 4 is 23.1 Å². The number of fused-ring (bicyclic) bond motifs is 1. The second-order valence-corrected chi connectivity index (χ2v) is 9.65. The van der Waals surface area contributed by atoms with Crippen LogP contribution in [0.5, 0.6) is 5.75 Å². The maximum atomic E-state index is 12.0. The van der Waals surface area contributed by atoms with E-state index in [1.165, 1.54) is 5.56 Å². The topological polar surface area (TPSA) is 68.6 Å². The van der Waals surface area contributed by atoms with Crippen LogP contribution in [0.2, 0.25) is 0 Å². The molecule has 176 valence electrons. The van der Waals surface area contributed by atoms with Gasteiger partial charge in [0, 0.05) is 19.6 Å². The highest BCUT2D eigenvalue weighted by molar-refractivity contribution is 5.79. The molecule has 33 heavy (non-hydrogen) atoms. The summed E-state index contributed by atoms with van der Waals surface area (Å²) in [4.78, 5) is 19.3. The number of amides is 1. The highest BCUT2D eigenvalue weighted by Gasteiger charge is 2.25. The van der Waals surface area contributed by atoms with Crippen LogP contribution in [0.1, 0.15) is 39.2 Å². The summed E-state index contributed by atoms with van der Waals surface area (Å²) in [7, 11) is 1.68. The molecule has 0 saturated carbocycles. The van der Waals surface area contributed by atoms with Crippen LogP contribution in [0, 0.1) is 5.92 Å². The van der Waals surface area contributed by atoms with Crippen LogP contribution in [-0.4, -0.2) is 48.0 Å². The second kappa shape index (κ2) is 9.73. The van der Waals surface area contributed by atoms with Crippen LogP contribution in [0.15, 0.2) is 48.5 Å². The van der Waals surface area contributed by atoms with Crippen LogP contribution in [0.4, 0.5) is 10.7 Å². The van der Waals surface area contributed by atoms with Gasteiger partial charge in [-0.25, -0.2) is 9.78 Å². The molecular formula is C26H34N4O3. The molecule has 1 amide bonds.